The molecule has 2 aliphatic rings. The van der Waals surface area contributed by atoms with Gasteiger partial charge in [0.15, 0.2) is 0 Å². The number of benzene rings is 1. The summed E-state index contributed by atoms with van der Waals surface area (Å²) < 4.78 is 24.1. The first-order valence-corrected chi connectivity index (χ1v) is 7.36. The lowest BCUT2D eigenvalue weighted by molar-refractivity contribution is -0.134. The van der Waals surface area contributed by atoms with E-state index in [-0.39, 0.29) is 24.4 Å². The maximum Gasteiger partial charge on any atom is 0.248 e. The predicted octanol–water partition coefficient (Wildman–Crippen LogP) is 2.09. The van der Waals surface area contributed by atoms with Crippen molar-refractivity contribution in [3.05, 3.63) is 30.1 Å². The van der Waals surface area contributed by atoms with E-state index in [4.69, 9.17) is 9.47 Å². The summed E-state index contributed by atoms with van der Waals surface area (Å²) in [5.74, 6) is 1.16. The third-order valence-corrected chi connectivity index (χ3v) is 4.50. The van der Waals surface area contributed by atoms with E-state index in [1.165, 1.54) is 19.2 Å². The van der Waals surface area contributed by atoms with Gasteiger partial charge in [-0.15, -0.1) is 0 Å². The van der Waals surface area contributed by atoms with Crippen molar-refractivity contribution in [2.45, 2.75) is 18.9 Å². The Labute approximate surface area is 123 Å². The van der Waals surface area contributed by atoms with Gasteiger partial charge in [-0.05, 0) is 30.9 Å². The van der Waals surface area contributed by atoms with Crippen LogP contribution in [0.25, 0.3) is 0 Å². The first kappa shape index (κ1) is 14.3. The lowest BCUT2D eigenvalue weighted by Crippen LogP contribution is -2.34. The fourth-order valence-corrected chi connectivity index (χ4v) is 3.50. The van der Waals surface area contributed by atoms with E-state index in [0.717, 1.165) is 19.4 Å². The highest BCUT2D eigenvalue weighted by Gasteiger charge is 2.45. The van der Waals surface area contributed by atoms with Crippen LogP contribution in [0.5, 0.6) is 5.75 Å². The van der Waals surface area contributed by atoms with Gasteiger partial charge in [0, 0.05) is 32.2 Å². The number of nitrogens with zero attached hydrogens (tertiary/aromatic N) is 1. The number of halogens is 1. The van der Waals surface area contributed by atoms with Crippen molar-refractivity contribution in [3.63, 3.8) is 0 Å². The summed E-state index contributed by atoms with van der Waals surface area (Å²) in [7, 11) is 1.53. The van der Waals surface area contributed by atoms with Crippen molar-refractivity contribution in [2.24, 2.45) is 11.8 Å². The molecule has 114 valence electrons. The summed E-state index contributed by atoms with van der Waals surface area (Å²) in [6, 6.07) is 6.25. The van der Waals surface area contributed by atoms with Crippen LogP contribution >= 0.6 is 0 Å². The highest BCUT2D eigenvalue weighted by molar-refractivity contribution is 5.77. The van der Waals surface area contributed by atoms with Crippen molar-refractivity contribution in [1.82, 2.24) is 4.90 Å². The molecule has 1 aliphatic carbocycles. The monoisotopic (exact) mass is 293 g/mol. The van der Waals surface area contributed by atoms with Crippen LogP contribution in [0.1, 0.15) is 12.8 Å². The average Bonchev–Trinajstić information content (AvgIpc) is 3.01. The molecule has 0 unspecified atom stereocenters. The fourth-order valence-electron chi connectivity index (χ4n) is 3.50. The number of likely N-dealkylation sites (tertiary alicyclic amines) is 1. The zero-order valence-electron chi connectivity index (χ0n) is 12.1. The van der Waals surface area contributed by atoms with Gasteiger partial charge in [0.05, 0.1) is 0 Å². The van der Waals surface area contributed by atoms with Crippen molar-refractivity contribution in [2.75, 3.05) is 26.8 Å². The molecule has 1 saturated heterocycles. The molecular weight excluding hydrogens is 273 g/mol. The number of ether oxygens (including phenoxy) is 2. The Morgan fingerprint density at radius 2 is 2.24 bits per heavy atom. The summed E-state index contributed by atoms with van der Waals surface area (Å²) in [5.41, 5.74) is 0. The molecule has 5 heteroatoms. The molecule has 1 heterocycles. The number of fused-ring (bicyclic) bond motifs is 1. The van der Waals surface area contributed by atoms with Crippen molar-refractivity contribution >= 4 is 5.91 Å². The summed E-state index contributed by atoms with van der Waals surface area (Å²) in [6.07, 6.45) is 2.09. The third-order valence-electron chi connectivity index (χ3n) is 4.50. The van der Waals surface area contributed by atoms with Gasteiger partial charge in [0.1, 0.15) is 24.3 Å². The van der Waals surface area contributed by atoms with E-state index in [9.17, 15) is 9.18 Å². The quantitative estimate of drug-likeness (QED) is 0.853. The van der Waals surface area contributed by atoms with Crippen LogP contribution in [0.2, 0.25) is 0 Å². The number of hydrogen-bond acceptors (Lipinski definition) is 3. The van der Waals surface area contributed by atoms with Gasteiger partial charge in [-0.25, -0.2) is 4.39 Å². The molecule has 0 spiro atoms. The number of carbonyl (C=O) groups excluding carboxylic acids is 1. The third kappa shape index (κ3) is 3.02. The summed E-state index contributed by atoms with van der Waals surface area (Å²) in [4.78, 5) is 13.8. The first-order valence-electron chi connectivity index (χ1n) is 7.36. The van der Waals surface area contributed by atoms with Gasteiger partial charge in [-0.2, -0.15) is 0 Å². The second-order valence-corrected chi connectivity index (χ2v) is 5.85. The highest BCUT2D eigenvalue weighted by Crippen LogP contribution is 2.40. The van der Waals surface area contributed by atoms with E-state index in [1.807, 2.05) is 4.90 Å². The van der Waals surface area contributed by atoms with E-state index in [2.05, 4.69) is 0 Å². The molecule has 0 aromatic heterocycles. The minimum Gasteiger partial charge on any atom is -0.490 e. The molecule has 1 aliphatic heterocycles. The SMILES string of the molecule is COCC(=O)N1C[C@@H]2CC[C@H](Oc3cccc(F)c3)[C@@H]2C1. The second-order valence-electron chi connectivity index (χ2n) is 5.85. The van der Waals surface area contributed by atoms with Crippen molar-refractivity contribution < 1.29 is 18.7 Å². The Morgan fingerprint density at radius 1 is 1.38 bits per heavy atom. The molecule has 0 radical (unpaired) electrons. The molecule has 0 N–H and O–H groups in total. The van der Waals surface area contributed by atoms with Crippen LogP contribution in [-0.2, 0) is 9.53 Å². The van der Waals surface area contributed by atoms with Crippen LogP contribution in [0, 0.1) is 17.7 Å². The van der Waals surface area contributed by atoms with Crippen LogP contribution in [-0.4, -0.2) is 43.7 Å². The Morgan fingerprint density at radius 3 is 3.00 bits per heavy atom. The average molecular weight is 293 g/mol. The minimum absolute atomic E-state index is 0.0383. The standard InChI is InChI=1S/C16H20FNO3/c1-20-10-16(19)18-8-11-5-6-15(14(11)9-18)21-13-4-2-3-12(17)7-13/h2-4,7,11,14-15H,5-6,8-10H2,1H3/t11-,14+,15-/m0/s1. The lowest BCUT2D eigenvalue weighted by atomic mass is 9.99. The molecular formula is C16H20FNO3. The maximum atomic E-state index is 13.2. The number of methoxy groups -OCH3 is 1. The first-order chi connectivity index (χ1) is 10.2. The Kier molecular flexibility index (Phi) is 4.10. The van der Waals surface area contributed by atoms with Gasteiger partial charge in [0.25, 0.3) is 0 Å². The van der Waals surface area contributed by atoms with E-state index < -0.39 is 0 Å². The minimum atomic E-state index is -0.287. The van der Waals surface area contributed by atoms with E-state index in [0.29, 0.717) is 24.1 Å². The summed E-state index contributed by atoms with van der Waals surface area (Å²) in [6.45, 7) is 1.64. The molecule has 1 aromatic rings. The predicted molar refractivity (Wildman–Crippen MR) is 75.5 cm³/mol. The summed E-state index contributed by atoms with van der Waals surface area (Å²) >= 11 is 0. The number of rotatable bonds is 4. The molecule has 2 fully saturated rings. The zero-order valence-corrected chi connectivity index (χ0v) is 12.1. The maximum absolute atomic E-state index is 13.2. The van der Waals surface area contributed by atoms with Gasteiger partial charge in [-0.3, -0.25) is 4.79 Å². The van der Waals surface area contributed by atoms with Crippen molar-refractivity contribution in [3.8, 4) is 5.75 Å². The fraction of sp³-hybridized carbons (Fsp3) is 0.562. The van der Waals surface area contributed by atoms with Gasteiger partial charge < -0.3 is 14.4 Å². The normalized spacial score (nSPS) is 27.7. The Hall–Kier alpha value is -1.62. The second kappa shape index (κ2) is 6.02. The molecule has 21 heavy (non-hydrogen) atoms. The van der Waals surface area contributed by atoms with E-state index in [1.54, 1.807) is 12.1 Å². The summed E-state index contributed by atoms with van der Waals surface area (Å²) in [5, 5.41) is 0. The van der Waals surface area contributed by atoms with Gasteiger partial charge in [-0.1, -0.05) is 6.07 Å². The smallest absolute Gasteiger partial charge is 0.248 e. The highest BCUT2D eigenvalue weighted by atomic mass is 19.1. The van der Waals surface area contributed by atoms with Crippen LogP contribution in [0.4, 0.5) is 4.39 Å². The Bertz CT molecular complexity index is 522. The Balaban J connectivity index is 1.63. The molecule has 1 amide bonds. The van der Waals surface area contributed by atoms with Crippen LogP contribution in [0.15, 0.2) is 24.3 Å². The molecule has 1 aromatic carbocycles. The lowest BCUT2D eigenvalue weighted by Gasteiger charge is -2.22. The van der Waals surface area contributed by atoms with Gasteiger partial charge >= 0.3 is 0 Å². The zero-order chi connectivity index (χ0) is 14.8. The van der Waals surface area contributed by atoms with Crippen LogP contribution in [0.3, 0.4) is 0 Å². The largest absolute Gasteiger partial charge is 0.490 e. The molecule has 4 nitrogen and oxygen atoms in total. The number of amides is 1. The molecule has 1 saturated carbocycles. The van der Waals surface area contributed by atoms with Gasteiger partial charge in [0.2, 0.25) is 5.91 Å². The van der Waals surface area contributed by atoms with Crippen molar-refractivity contribution in [1.29, 1.82) is 0 Å². The van der Waals surface area contributed by atoms with E-state index >= 15 is 0 Å². The molecule has 3 atom stereocenters. The van der Waals surface area contributed by atoms with Crippen LogP contribution < -0.4 is 4.74 Å². The number of carbonyl (C=O) groups is 1. The molecule has 3 rings (SSSR count). The topological polar surface area (TPSA) is 38.8 Å². The molecule has 0 bridgehead atoms. The number of hydrogen-bond donors (Lipinski definition) is 0.